The summed E-state index contributed by atoms with van der Waals surface area (Å²) in [5.74, 6) is -0.138. The van der Waals surface area contributed by atoms with Crippen molar-refractivity contribution in [1.82, 2.24) is 0 Å². The van der Waals surface area contributed by atoms with Crippen LogP contribution < -0.4 is 0 Å². The van der Waals surface area contributed by atoms with Gasteiger partial charge in [0.05, 0.1) is 11.6 Å². The Hall–Kier alpha value is -1.66. The van der Waals surface area contributed by atoms with Gasteiger partial charge in [-0.3, -0.25) is 4.79 Å². The SMILES string of the molecule is CCCOCC(=O)c1ccccc1C#N. The number of ether oxygens (including phenoxy) is 1. The molecule has 0 saturated carbocycles. The maximum atomic E-state index is 11.6. The van der Waals surface area contributed by atoms with Crippen LogP contribution in [-0.2, 0) is 4.74 Å². The van der Waals surface area contributed by atoms with Crippen LogP contribution in [-0.4, -0.2) is 19.0 Å². The van der Waals surface area contributed by atoms with Crippen molar-refractivity contribution < 1.29 is 9.53 Å². The Kier molecular flexibility index (Phi) is 4.52. The first-order valence-electron chi connectivity index (χ1n) is 4.89. The molecule has 0 bridgehead atoms. The van der Waals surface area contributed by atoms with Crippen molar-refractivity contribution in [2.45, 2.75) is 13.3 Å². The molecule has 78 valence electrons. The van der Waals surface area contributed by atoms with Crippen molar-refractivity contribution in [3.8, 4) is 6.07 Å². The Labute approximate surface area is 89.3 Å². The zero-order chi connectivity index (χ0) is 11.1. The molecule has 0 radical (unpaired) electrons. The minimum atomic E-state index is -0.138. The van der Waals surface area contributed by atoms with Gasteiger partial charge in [-0.2, -0.15) is 5.26 Å². The van der Waals surface area contributed by atoms with E-state index in [4.69, 9.17) is 10.00 Å². The molecule has 15 heavy (non-hydrogen) atoms. The van der Waals surface area contributed by atoms with Crippen LogP contribution in [0.4, 0.5) is 0 Å². The first kappa shape index (κ1) is 11.4. The van der Waals surface area contributed by atoms with Crippen molar-refractivity contribution in [3.05, 3.63) is 35.4 Å². The molecule has 0 aliphatic rings. The fourth-order valence-electron chi connectivity index (χ4n) is 1.21. The summed E-state index contributed by atoms with van der Waals surface area (Å²) in [7, 11) is 0. The van der Waals surface area contributed by atoms with E-state index < -0.39 is 0 Å². The molecule has 1 aromatic carbocycles. The lowest BCUT2D eigenvalue weighted by molar-refractivity contribution is 0.0761. The Morgan fingerprint density at radius 1 is 1.47 bits per heavy atom. The number of hydrogen-bond donors (Lipinski definition) is 0. The first-order chi connectivity index (χ1) is 7.29. The summed E-state index contributed by atoms with van der Waals surface area (Å²) in [6, 6.07) is 8.75. The van der Waals surface area contributed by atoms with Gasteiger partial charge < -0.3 is 4.74 Å². The molecule has 3 heteroatoms. The van der Waals surface area contributed by atoms with Gasteiger partial charge in [-0.05, 0) is 18.6 Å². The van der Waals surface area contributed by atoms with Crippen LogP contribution in [0.1, 0.15) is 29.3 Å². The summed E-state index contributed by atoms with van der Waals surface area (Å²) in [6.07, 6.45) is 0.882. The maximum absolute atomic E-state index is 11.6. The first-order valence-corrected chi connectivity index (χ1v) is 4.89. The topological polar surface area (TPSA) is 50.1 Å². The van der Waals surface area contributed by atoms with Crippen LogP contribution in [0.2, 0.25) is 0 Å². The van der Waals surface area contributed by atoms with Crippen molar-refractivity contribution in [2.75, 3.05) is 13.2 Å². The van der Waals surface area contributed by atoms with Crippen molar-refractivity contribution in [3.63, 3.8) is 0 Å². The van der Waals surface area contributed by atoms with Crippen molar-refractivity contribution in [1.29, 1.82) is 5.26 Å². The van der Waals surface area contributed by atoms with Gasteiger partial charge in [-0.25, -0.2) is 0 Å². The summed E-state index contributed by atoms with van der Waals surface area (Å²) >= 11 is 0. The Bertz CT molecular complexity index is 379. The number of nitrogens with zero attached hydrogens (tertiary/aromatic N) is 1. The van der Waals surface area contributed by atoms with Crippen LogP contribution >= 0.6 is 0 Å². The molecule has 0 spiro atoms. The average molecular weight is 203 g/mol. The summed E-state index contributed by atoms with van der Waals surface area (Å²) in [6.45, 7) is 2.60. The number of ketones is 1. The molecule has 1 rings (SSSR count). The smallest absolute Gasteiger partial charge is 0.189 e. The quantitative estimate of drug-likeness (QED) is 0.544. The Balaban J connectivity index is 2.70. The predicted octanol–water partition coefficient (Wildman–Crippen LogP) is 2.17. The molecule has 3 nitrogen and oxygen atoms in total. The van der Waals surface area contributed by atoms with Gasteiger partial charge in [-0.15, -0.1) is 0 Å². The third-order valence-electron chi connectivity index (χ3n) is 1.93. The van der Waals surface area contributed by atoms with Gasteiger partial charge in [0.15, 0.2) is 5.78 Å². The number of hydrogen-bond acceptors (Lipinski definition) is 3. The molecule has 0 aliphatic heterocycles. The summed E-state index contributed by atoms with van der Waals surface area (Å²) < 4.78 is 5.14. The third-order valence-corrected chi connectivity index (χ3v) is 1.93. The van der Waals surface area contributed by atoms with Gasteiger partial charge in [-0.1, -0.05) is 19.1 Å². The molecule has 1 aromatic rings. The minimum Gasteiger partial charge on any atom is -0.373 e. The van der Waals surface area contributed by atoms with E-state index in [1.165, 1.54) is 0 Å². The summed E-state index contributed by atoms with van der Waals surface area (Å²) in [5, 5.41) is 8.80. The van der Waals surface area contributed by atoms with Gasteiger partial charge in [0.25, 0.3) is 0 Å². The number of nitriles is 1. The van der Waals surface area contributed by atoms with E-state index in [9.17, 15) is 4.79 Å². The molecule has 0 aliphatic carbocycles. The summed E-state index contributed by atoms with van der Waals surface area (Å²) in [5.41, 5.74) is 0.846. The van der Waals surface area contributed by atoms with E-state index in [1.807, 2.05) is 13.0 Å². The lowest BCUT2D eigenvalue weighted by atomic mass is 10.1. The van der Waals surface area contributed by atoms with Crippen LogP contribution in [0.3, 0.4) is 0 Å². The van der Waals surface area contributed by atoms with Crippen molar-refractivity contribution >= 4 is 5.78 Å². The van der Waals surface area contributed by atoms with Crippen LogP contribution in [0.15, 0.2) is 24.3 Å². The molecule has 0 amide bonds. The zero-order valence-corrected chi connectivity index (χ0v) is 8.69. The molecule has 0 heterocycles. The van der Waals surface area contributed by atoms with Crippen LogP contribution in [0.25, 0.3) is 0 Å². The lowest BCUT2D eigenvalue weighted by Gasteiger charge is -2.03. The standard InChI is InChI=1S/C12H13NO2/c1-2-7-15-9-12(14)11-6-4-3-5-10(11)8-13/h3-6H,2,7,9H2,1H3. The highest BCUT2D eigenvalue weighted by Crippen LogP contribution is 2.08. The average Bonchev–Trinajstić information content (AvgIpc) is 2.29. The minimum absolute atomic E-state index is 0.0481. The molecule has 0 atom stereocenters. The van der Waals surface area contributed by atoms with Crippen molar-refractivity contribution in [2.24, 2.45) is 0 Å². The normalized spacial score (nSPS) is 9.60. The fourth-order valence-corrected chi connectivity index (χ4v) is 1.21. The molecule has 0 aromatic heterocycles. The number of Topliss-reactive ketones (excluding diaryl/α,β-unsaturated/α-hetero) is 1. The number of carbonyl (C=O) groups is 1. The fraction of sp³-hybridized carbons (Fsp3) is 0.333. The van der Waals surface area contributed by atoms with E-state index in [1.54, 1.807) is 24.3 Å². The molecular formula is C12H13NO2. The highest BCUT2D eigenvalue weighted by atomic mass is 16.5. The molecule has 0 saturated heterocycles. The van der Waals surface area contributed by atoms with Crippen LogP contribution in [0, 0.1) is 11.3 Å². The Morgan fingerprint density at radius 3 is 2.87 bits per heavy atom. The second-order valence-corrected chi connectivity index (χ2v) is 3.13. The molecule has 0 unspecified atom stereocenters. The Morgan fingerprint density at radius 2 is 2.20 bits per heavy atom. The number of rotatable bonds is 5. The lowest BCUT2D eigenvalue weighted by Crippen LogP contribution is -2.11. The van der Waals surface area contributed by atoms with Gasteiger partial charge >= 0.3 is 0 Å². The van der Waals surface area contributed by atoms with E-state index in [0.29, 0.717) is 17.7 Å². The third kappa shape index (κ3) is 3.19. The highest BCUT2D eigenvalue weighted by molar-refractivity contribution is 5.99. The van der Waals surface area contributed by atoms with Gasteiger partial charge in [0.1, 0.15) is 6.61 Å². The second kappa shape index (κ2) is 5.94. The molecular weight excluding hydrogens is 190 g/mol. The van der Waals surface area contributed by atoms with Gasteiger partial charge in [0, 0.05) is 12.2 Å². The highest BCUT2D eigenvalue weighted by Gasteiger charge is 2.09. The van der Waals surface area contributed by atoms with E-state index in [2.05, 4.69) is 0 Å². The summed E-state index contributed by atoms with van der Waals surface area (Å²) in [4.78, 5) is 11.6. The second-order valence-electron chi connectivity index (χ2n) is 3.13. The van der Waals surface area contributed by atoms with Crippen LogP contribution in [0.5, 0.6) is 0 Å². The number of carbonyl (C=O) groups excluding carboxylic acids is 1. The number of benzene rings is 1. The zero-order valence-electron chi connectivity index (χ0n) is 8.69. The molecule has 0 N–H and O–H groups in total. The maximum Gasteiger partial charge on any atom is 0.189 e. The predicted molar refractivity (Wildman–Crippen MR) is 56.6 cm³/mol. The van der Waals surface area contributed by atoms with Gasteiger partial charge in [0.2, 0.25) is 0 Å². The van der Waals surface area contributed by atoms with E-state index in [-0.39, 0.29) is 12.4 Å². The monoisotopic (exact) mass is 203 g/mol. The largest absolute Gasteiger partial charge is 0.373 e. The van der Waals surface area contributed by atoms with E-state index >= 15 is 0 Å². The molecule has 0 fully saturated rings. The van der Waals surface area contributed by atoms with E-state index in [0.717, 1.165) is 6.42 Å².